The number of anilines is 1. The summed E-state index contributed by atoms with van der Waals surface area (Å²) >= 11 is 0. The van der Waals surface area contributed by atoms with E-state index in [-0.39, 0.29) is 18.1 Å². The van der Waals surface area contributed by atoms with E-state index in [9.17, 15) is 13.2 Å². The summed E-state index contributed by atoms with van der Waals surface area (Å²) in [6.07, 6.45) is -0.0508. The minimum Gasteiger partial charge on any atom is -0.368 e. The summed E-state index contributed by atoms with van der Waals surface area (Å²) in [5.74, 6) is 0.265. The van der Waals surface area contributed by atoms with Crippen LogP contribution in [0.3, 0.4) is 0 Å². The molecule has 0 bridgehead atoms. The van der Waals surface area contributed by atoms with Gasteiger partial charge in [-0.25, -0.2) is 15.0 Å². The van der Waals surface area contributed by atoms with Gasteiger partial charge in [0.05, 0.1) is 5.69 Å². The van der Waals surface area contributed by atoms with Crippen molar-refractivity contribution in [3.63, 3.8) is 0 Å². The molecule has 2 heterocycles. The molecule has 0 saturated carbocycles. The van der Waals surface area contributed by atoms with Gasteiger partial charge in [-0.15, -0.1) is 0 Å². The molecule has 2 rings (SSSR count). The second-order valence-corrected chi connectivity index (χ2v) is 4.31. The fourth-order valence-electron chi connectivity index (χ4n) is 1.87. The van der Waals surface area contributed by atoms with Crippen molar-refractivity contribution in [3.8, 4) is 0 Å². The molecule has 0 radical (unpaired) electrons. The smallest absolute Gasteiger partial charge is 0.368 e. The first kappa shape index (κ1) is 14.3. The topological polar surface area (TPSA) is 69.6 Å². The van der Waals surface area contributed by atoms with Crippen LogP contribution in [0.5, 0.6) is 0 Å². The lowest BCUT2D eigenvalue weighted by molar-refractivity contribution is -0.141. The van der Waals surface area contributed by atoms with Crippen LogP contribution in [-0.4, -0.2) is 19.5 Å². The summed E-state index contributed by atoms with van der Waals surface area (Å²) in [6.45, 7) is 2.76. The van der Waals surface area contributed by atoms with E-state index in [1.165, 1.54) is 0 Å². The maximum atomic E-state index is 12.7. The van der Waals surface area contributed by atoms with Crippen LogP contribution in [0, 0.1) is 0 Å². The lowest BCUT2D eigenvalue weighted by Crippen LogP contribution is -2.13. The number of nitrogens with two attached hydrogens (primary N) is 1. The fraction of sp³-hybridized carbons (Fsp3) is 0.417. The standard InChI is InChI=1S/C12H14F3N5/c1-2-4-20-5-3-17-10(20)7-8-6-9(12(13,14)15)19-11(16)18-8/h3,5-6H,2,4,7H2,1H3,(H2,16,18,19). The summed E-state index contributed by atoms with van der Waals surface area (Å²) in [6, 6.07) is 0.904. The number of hydrogen-bond acceptors (Lipinski definition) is 4. The highest BCUT2D eigenvalue weighted by Gasteiger charge is 2.33. The van der Waals surface area contributed by atoms with Gasteiger partial charge in [-0.05, 0) is 12.5 Å². The van der Waals surface area contributed by atoms with Gasteiger partial charge in [0.1, 0.15) is 11.5 Å². The molecule has 0 aliphatic heterocycles. The van der Waals surface area contributed by atoms with Crippen LogP contribution in [0.25, 0.3) is 0 Å². The number of alkyl halides is 3. The van der Waals surface area contributed by atoms with Gasteiger partial charge < -0.3 is 10.3 Å². The van der Waals surface area contributed by atoms with E-state index in [2.05, 4.69) is 15.0 Å². The minimum absolute atomic E-state index is 0.183. The average molecular weight is 285 g/mol. The molecular formula is C12H14F3N5. The molecule has 0 aliphatic carbocycles. The Bertz CT molecular complexity index is 591. The minimum atomic E-state index is -4.54. The highest BCUT2D eigenvalue weighted by atomic mass is 19.4. The first-order valence-electron chi connectivity index (χ1n) is 6.10. The second kappa shape index (κ2) is 5.48. The molecule has 0 spiro atoms. The van der Waals surface area contributed by atoms with E-state index in [4.69, 9.17) is 5.73 Å². The lowest BCUT2D eigenvalue weighted by Gasteiger charge is -2.09. The lowest BCUT2D eigenvalue weighted by atomic mass is 10.2. The second-order valence-electron chi connectivity index (χ2n) is 4.31. The maximum Gasteiger partial charge on any atom is 0.433 e. The highest BCUT2D eigenvalue weighted by Crippen LogP contribution is 2.28. The van der Waals surface area contributed by atoms with Crippen LogP contribution >= 0.6 is 0 Å². The van der Waals surface area contributed by atoms with Crippen LogP contribution in [0.4, 0.5) is 19.1 Å². The Hall–Kier alpha value is -2.12. The van der Waals surface area contributed by atoms with Gasteiger partial charge in [-0.3, -0.25) is 0 Å². The van der Waals surface area contributed by atoms with Crippen LogP contribution in [0.1, 0.15) is 30.6 Å². The quantitative estimate of drug-likeness (QED) is 0.935. The number of aryl methyl sites for hydroxylation is 1. The number of aromatic nitrogens is 4. The van der Waals surface area contributed by atoms with Crippen LogP contribution < -0.4 is 5.73 Å². The third-order valence-corrected chi connectivity index (χ3v) is 2.69. The summed E-state index contributed by atoms with van der Waals surface area (Å²) in [5, 5.41) is 0. The number of nitrogens with zero attached hydrogens (tertiary/aromatic N) is 4. The van der Waals surface area contributed by atoms with E-state index in [0.29, 0.717) is 5.82 Å². The Morgan fingerprint density at radius 2 is 2.05 bits per heavy atom. The van der Waals surface area contributed by atoms with Crippen LogP contribution in [0.2, 0.25) is 0 Å². The van der Waals surface area contributed by atoms with Gasteiger partial charge in [-0.1, -0.05) is 6.92 Å². The van der Waals surface area contributed by atoms with Gasteiger partial charge in [0.15, 0.2) is 0 Å². The summed E-state index contributed by atoms with van der Waals surface area (Å²) in [7, 11) is 0. The normalized spacial score (nSPS) is 11.8. The highest BCUT2D eigenvalue weighted by molar-refractivity contribution is 5.26. The van der Waals surface area contributed by atoms with Crippen LogP contribution in [-0.2, 0) is 19.1 Å². The molecule has 2 aromatic heterocycles. The molecule has 2 aromatic rings. The molecule has 0 aromatic carbocycles. The molecule has 0 aliphatic rings. The molecule has 0 saturated heterocycles. The molecular weight excluding hydrogens is 271 g/mol. The summed E-state index contributed by atoms with van der Waals surface area (Å²) < 4.78 is 39.9. The third kappa shape index (κ3) is 3.25. The average Bonchev–Trinajstić information content (AvgIpc) is 2.75. The summed E-state index contributed by atoms with van der Waals surface area (Å²) in [4.78, 5) is 11.2. The first-order valence-corrected chi connectivity index (χ1v) is 6.10. The molecule has 0 amide bonds. The third-order valence-electron chi connectivity index (χ3n) is 2.69. The Labute approximate surface area is 113 Å². The van der Waals surface area contributed by atoms with Crippen molar-refractivity contribution in [2.75, 3.05) is 5.73 Å². The van der Waals surface area contributed by atoms with Crippen molar-refractivity contribution >= 4 is 5.95 Å². The molecule has 2 N–H and O–H groups in total. The number of hydrogen-bond donors (Lipinski definition) is 1. The zero-order valence-corrected chi connectivity index (χ0v) is 10.9. The van der Waals surface area contributed by atoms with E-state index in [0.717, 1.165) is 19.0 Å². The van der Waals surface area contributed by atoms with E-state index >= 15 is 0 Å². The zero-order chi connectivity index (χ0) is 14.8. The van der Waals surface area contributed by atoms with Crippen molar-refractivity contribution < 1.29 is 13.2 Å². The Morgan fingerprint density at radius 1 is 1.30 bits per heavy atom. The van der Waals surface area contributed by atoms with Gasteiger partial charge in [-0.2, -0.15) is 13.2 Å². The summed E-state index contributed by atoms with van der Waals surface area (Å²) in [5.41, 5.74) is 4.50. The molecule has 8 heteroatoms. The largest absolute Gasteiger partial charge is 0.433 e. The molecule has 0 fully saturated rings. The molecule has 108 valence electrons. The SMILES string of the molecule is CCCn1ccnc1Cc1cc(C(F)(F)F)nc(N)n1. The molecule has 0 unspecified atom stereocenters. The molecule has 20 heavy (non-hydrogen) atoms. The predicted octanol–water partition coefficient (Wildman–Crippen LogP) is 2.27. The van der Waals surface area contributed by atoms with E-state index in [1.807, 2.05) is 11.5 Å². The number of rotatable bonds is 4. The van der Waals surface area contributed by atoms with Gasteiger partial charge in [0.2, 0.25) is 5.95 Å². The fourth-order valence-corrected chi connectivity index (χ4v) is 1.87. The van der Waals surface area contributed by atoms with E-state index < -0.39 is 11.9 Å². The monoisotopic (exact) mass is 285 g/mol. The van der Waals surface area contributed by atoms with Gasteiger partial charge in [0, 0.05) is 25.4 Å². The van der Waals surface area contributed by atoms with Crippen molar-refractivity contribution in [1.29, 1.82) is 0 Å². The number of halogens is 3. The van der Waals surface area contributed by atoms with Crippen molar-refractivity contribution in [3.05, 3.63) is 35.7 Å². The van der Waals surface area contributed by atoms with Crippen LogP contribution in [0.15, 0.2) is 18.5 Å². The zero-order valence-electron chi connectivity index (χ0n) is 10.9. The number of nitrogen functional groups attached to an aromatic ring is 1. The van der Waals surface area contributed by atoms with Gasteiger partial charge in [0.25, 0.3) is 0 Å². The van der Waals surface area contributed by atoms with Crippen molar-refractivity contribution in [2.45, 2.75) is 32.5 Å². The predicted molar refractivity (Wildman–Crippen MR) is 66.8 cm³/mol. The Morgan fingerprint density at radius 3 is 2.70 bits per heavy atom. The molecule has 0 atom stereocenters. The first-order chi connectivity index (χ1) is 9.40. The maximum absolute atomic E-state index is 12.7. The molecule has 5 nitrogen and oxygen atoms in total. The van der Waals surface area contributed by atoms with Crippen molar-refractivity contribution in [2.24, 2.45) is 0 Å². The number of imidazole rings is 1. The Kier molecular flexibility index (Phi) is 3.91. The Balaban J connectivity index is 2.29. The van der Waals surface area contributed by atoms with Gasteiger partial charge >= 0.3 is 6.18 Å². The van der Waals surface area contributed by atoms with E-state index in [1.54, 1.807) is 12.4 Å². The van der Waals surface area contributed by atoms with Crippen molar-refractivity contribution in [1.82, 2.24) is 19.5 Å².